The maximum atomic E-state index is 9.48. The normalized spacial score (nSPS) is 18.5. The largest absolute Gasteiger partial charge is 0.391 e. The van der Waals surface area contributed by atoms with E-state index in [2.05, 4.69) is 21.9 Å². The molecule has 0 aliphatic carbocycles. The Bertz CT molecular complexity index is 388. The summed E-state index contributed by atoms with van der Waals surface area (Å²) in [6.45, 7) is 6.27. The first-order valence-corrected chi connectivity index (χ1v) is 6.20. The fourth-order valence-electron chi connectivity index (χ4n) is 2.53. The second-order valence-corrected chi connectivity index (χ2v) is 4.81. The van der Waals surface area contributed by atoms with Gasteiger partial charge < -0.3 is 14.9 Å². The van der Waals surface area contributed by atoms with E-state index in [0.717, 1.165) is 49.7 Å². The van der Waals surface area contributed by atoms with Gasteiger partial charge in [0.2, 0.25) is 0 Å². The van der Waals surface area contributed by atoms with Gasteiger partial charge in [0.25, 0.3) is 0 Å². The average molecular weight is 238 g/mol. The van der Waals surface area contributed by atoms with Crippen LogP contribution in [0.15, 0.2) is 0 Å². The summed E-state index contributed by atoms with van der Waals surface area (Å²) in [5.74, 6) is 1.08. The fourth-order valence-corrected chi connectivity index (χ4v) is 2.53. The minimum absolute atomic E-state index is 0.0708. The van der Waals surface area contributed by atoms with Crippen molar-refractivity contribution in [2.75, 3.05) is 38.1 Å². The highest BCUT2D eigenvalue weighted by atomic mass is 16.3. The zero-order valence-corrected chi connectivity index (χ0v) is 11.0. The molecule has 1 aliphatic rings. The van der Waals surface area contributed by atoms with Gasteiger partial charge in [0, 0.05) is 32.2 Å². The maximum Gasteiger partial charge on any atom is 0.132 e. The van der Waals surface area contributed by atoms with Crippen LogP contribution in [0.4, 0.5) is 5.82 Å². The van der Waals surface area contributed by atoms with Gasteiger partial charge in [-0.15, -0.1) is 0 Å². The molecule has 1 N–H and O–H groups in total. The van der Waals surface area contributed by atoms with E-state index in [1.54, 1.807) is 0 Å². The molecule has 1 fully saturated rings. The molecule has 96 valence electrons. The molecule has 0 spiro atoms. The van der Waals surface area contributed by atoms with Crippen LogP contribution in [0.1, 0.15) is 17.7 Å². The molecule has 17 heavy (non-hydrogen) atoms. The first kappa shape index (κ1) is 12.4. The molecule has 0 saturated carbocycles. The van der Waals surface area contributed by atoms with Gasteiger partial charge in [0.1, 0.15) is 5.82 Å². The third-order valence-electron chi connectivity index (χ3n) is 3.49. The Hall–Kier alpha value is -1.07. The van der Waals surface area contributed by atoms with Gasteiger partial charge >= 0.3 is 0 Å². The van der Waals surface area contributed by atoms with Crippen molar-refractivity contribution < 1.29 is 5.11 Å². The Labute approximate surface area is 103 Å². The summed E-state index contributed by atoms with van der Waals surface area (Å²) in [6, 6.07) is 0. The predicted molar refractivity (Wildman–Crippen MR) is 68.2 cm³/mol. The number of hydrogen-bond donors (Lipinski definition) is 1. The van der Waals surface area contributed by atoms with Crippen LogP contribution in [-0.2, 0) is 13.7 Å². The third-order valence-corrected chi connectivity index (χ3v) is 3.49. The van der Waals surface area contributed by atoms with Crippen molar-refractivity contribution in [1.82, 2.24) is 14.7 Å². The van der Waals surface area contributed by atoms with Crippen molar-refractivity contribution in [3.8, 4) is 0 Å². The Morgan fingerprint density at radius 1 is 1.18 bits per heavy atom. The number of hydrogen-bond acceptors (Lipinski definition) is 4. The first-order valence-electron chi connectivity index (χ1n) is 6.20. The molecule has 5 nitrogen and oxygen atoms in total. The standard InChI is InChI=1S/C12H22N4O/c1-10-11(9-17)12(15(3)13-10)16-6-4-5-14(2)7-8-16/h17H,4-9H2,1-3H3. The monoisotopic (exact) mass is 238 g/mol. The van der Waals surface area contributed by atoms with E-state index in [1.165, 1.54) is 0 Å². The predicted octanol–water partition coefficient (Wildman–Crippen LogP) is 0.363. The quantitative estimate of drug-likeness (QED) is 0.808. The zero-order valence-electron chi connectivity index (χ0n) is 11.0. The molecular formula is C12H22N4O. The maximum absolute atomic E-state index is 9.48. The molecule has 2 rings (SSSR count). The summed E-state index contributed by atoms with van der Waals surface area (Å²) in [5, 5.41) is 13.9. The second-order valence-electron chi connectivity index (χ2n) is 4.81. The van der Waals surface area contributed by atoms with E-state index in [9.17, 15) is 5.11 Å². The topological polar surface area (TPSA) is 44.5 Å². The van der Waals surface area contributed by atoms with Crippen LogP contribution in [0.25, 0.3) is 0 Å². The minimum Gasteiger partial charge on any atom is -0.391 e. The molecule has 0 radical (unpaired) electrons. The van der Waals surface area contributed by atoms with E-state index >= 15 is 0 Å². The van der Waals surface area contributed by atoms with Crippen molar-refractivity contribution in [2.45, 2.75) is 20.0 Å². The van der Waals surface area contributed by atoms with Gasteiger partial charge in [-0.1, -0.05) is 0 Å². The molecular weight excluding hydrogens is 216 g/mol. The minimum atomic E-state index is 0.0708. The van der Waals surface area contributed by atoms with Crippen LogP contribution >= 0.6 is 0 Å². The van der Waals surface area contributed by atoms with E-state index in [-0.39, 0.29) is 6.61 Å². The molecule has 1 aromatic rings. The molecule has 0 aromatic carbocycles. The molecule has 1 aromatic heterocycles. The molecule has 1 saturated heterocycles. The van der Waals surface area contributed by atoms with Crippen molar-refractivity contribution in [1.29, 1.82) is 0 Å². The van der Waals surface area contributed by atoms with Crippen LogP contribution < -0.4 is 4.90 Å². The summed E-state index contributed by atoms with van der Waals surface area (Å²) in [4.78, 5) is 4.69. The lowest BCUT2D eigenvalue weighted by Gasteiger charge is -2.23. The van der Waals surface area contributed by atoms with Crippen molar-refractivity contribution in [2.24, 2.45) is 7.05 Å². The van der Waals surface area contributed by atoms with Crippen LogP contribution in [0.3, 0.4) is 0 Å². The molecule has 2 heterocycles. The third kappa shape index (κ3) is 2.45. The van der Waals surface area contributed by atoms with E-state index in [4.69, 9.17) is 0 Å². The lowest BCUT2D eigenvalue weighted by atomic mass is 10.2. The number of anilines is 1. The van der Waals surface area contributed by atoms with Gasteiger partial charge in [-0.25, -0.2) is 0 Å². The molecule has 0 unspecified atom stereocenters. The number of nitrogens with zero attached hydrogens (tertiary/aromatic N) is 4. The lowest BCUT2D eigenvalue weighted by molar-refractivity contribution is 0.281. The summed E-state index contributed by atoms with van der Waals surface area (Å²) >= 11 is 0. The van der Waals surface area contributed by atoms with Gasteiger partial charge in [-0.3, -0.25) is 4.68 Å². The first-order chi connectivity index (χ1) is 8.13. The highest BCUT2D eigenvalue weighted by molar-refractivity contribution is 5.50. The van der Waals surface area contributed by atoms with Crippen molar-refractivity contribution in [3.63, 3.8) is 0 Å². The van der Waals surface area contributed by atoms with Gasteiger partial charge in [0.05, 0.1) is 12.3 Å². The van der Waals surface area contributed by atoms with E-state index in [0.29, 0.717) is 0 Å². The van der Waals surface area contributed by atoms with E-state index in [1.807, 2.05) is 18.7 Å². The molecule has 0 bridgehead atoms. The van der Waals surface area contributed by atoms with Crippen LogP contribution in [0, 0.1) is 6.92 Å². The fraction of sp³-hybridized carbons (Fsp3) is 0.750. The Kier molecular flexibility index (Phi) is 3.69. The Morgan fingerprint density at radius 2 is 1.94 bits per heavy atom. The average Bonchev–Trinajstić information content (AvgIpc) is 2.46. The van der Waals surface area contributed by atoms with Gasteiger partial charge in [-0.05, 0) is 26.9 Å². The van der Waals surface area contributed by atoms with Crippen LogP contribution in [-0.4, -0.2) is 53.0 Å². The highest BCUT2D eigenvalue weighted by Crippen LogP contribution is 2.24. The second kappa shape index (κ2) is 5.06. The SMILES string of the molecule is Cc1nn(C)c(N2CCCN(C)CC2)c1CO. The van der Waals surface area contributed by atoms with Gasteiger partial charge in [0.15, 0.2) is 0 Å². The highest BCUT2D eigenvalue weighted by Gasteiger charge is 2.20. The number of aryl methyl sites for hydroxylation is 2. The summed E-state index contributed by atoms with van der Waals surface area (Å²) in [7, 11) is 4.11. The summed E-state index contributed by atoms with van der Waals surface area (Å²) in [6.07, 6.45) is 1.16. The zero-order chi connectivity index (χ0) is 12.4. The van der Waals surface area contributed by atoms with Crippen molar-refractivity contribution >= 4 is 5.82 Å². The Morgan fingerprint density at radius 3 is 2.65 bits per heavy atom. The molecule has 5 heteroatoms. The van der Waals surface area contributed by atoms with Crippen molar-refractivity contribution in [3.05, 3.63) is 11.3 Å². The van der Waals surface area contributed by atoms with Gasteiger partial charge in [-0.2, -0.15) is 5.10 Å². The van der Waals surface area contributed by atoms with Crippen LogP contribution in [0.2, 0.25) is 0 Å². The lowest BCUT2D eigenvalue weighted by Crippen LogP contribution is -2.30. The number of rotatable bonds is 2. The number of likely N-dealkylation sites (N-methyl/N-ethyl adjacent to an activating group) is 1. The van der Waals surface area contributed by atoms with E-state index < -0.39 is 0 Å². The van der Waals surface area contributed by atoms with Crippen LogP contribution in [0.5, 0.6) is 0 Å². The summed E-state index contributed by atoms with van der Waals surface area (Å²) in [5.41, 5.74) is 1.90. The summed E-state index contributed by atoms with van der Waals surface area (Å²) < 4.78 is 1.90. The number of aliphatic hydroxyl groups excluding tert-OH is 1. The molecule has 1 aliphatic heterocycles. The molecule has 0 amide bonds. The number of aromatic nitrogens is 2. The number of aliphatic hydroxyl groups is 1. The molecule has 0 atom stereocenters. The Balaban J connectivity index is 2.26. The smallest absolute Gasteiger partial charge is 0.132 e.